The number of pyridine rings is 1. The first kappa shape index (κ1) is 16.8. The number of carbonyl (C=O) groups is 1. The summed E-state index contributed by atoms with van der Waals surface area (Å²) in [6, 6.07) is 9.39. The molecule has 4 N–H and O–H groups in total. The first-order chi connectivity index (χ1) is 11.8. The van der Waals surface area contributed by atoms with E-state index in [-0.39, 0.29) is 10.6 Å². The van der Waals surface area contributed by atoms with Crippen LogP contribution in [0.1, 0.15) is 10.5 Å². The van der Waals surface area contributed by atoms with Crippen molar-refractivity contribution in [2.45, 2.75) is 4.90 Å². The van der Waals surface area contributed by atoms with Crippen molar-refractivity contribution in [1.29, 1.82) is 0 Å². The van der Waals surface area contributed by atoms with Gasteiger partial charge in [0.2, 0.25) is 10.0 Å². The molecule has 0 fully saturated rings. The number of aryl methyl sites for hydroxylation is 1. The Balaban J connectivity index is 2.25. The van der Waals surface area contributed by atoms with Gasteiger partial charge >= 0.3 is 0 Å². The van der Waals surface area contributed by atoms with Gasteiger partial charge in [-0.3, -0.25) is 14.5 Å². The number of primary amides is 1. The van der Waals surface area contributed by atoms with Crippen molar-refractivity contribution in [3.63, 3.8) is 0 Å². The van der Waals surface area contributed by atoms with Crippen molar-refractivity contribution >= 4 is 15.9 Å². The lowest BCUT2D eigenvalue weighted by Gasteiger charge is -2.06. The Morgan fingerprint density at radius 1 is 1.04 bits per heavy atom. The Hall–Kier alpha value is -3.04. The third kappa shape index (κ3) is 3.14. The summed E-state index contributed by atoms with van der Waals surface area (Å²) in [6.45, 7) is 0. The van der Waals surface area contributed by atoms with Crippen molar-refractivity contribution in [1.82, 2.24) is 14.8 Å². The molecule has 0 bridgehead atoms. The van der Waals surface area contributed by atoms with Gasteiger partial charge in [-0.05, 0) is 29.8 Å². The average molecular weight is 357 g/mol. The van der Waals surface area contributed by atoms with E-state index < -0.39 is 15.9 Å². The van der Waals surface area contributed by atoms with Crippen LogP contribution < -0.4 is 10.9 Å². The Kier molecular flexibility index (Phi) is 4.11. The quantitative estimate of drug-likeness (QED) is 0.715. The van der Waals surface area contributed by atoms with Crippen LogP contribution in [0.25, 0.3) is 22.4 Å². The fourth-order valence-electron chi connectivity index (χ4n) is 2.60. The van der Waals surface area contributed by atoms with Crippen LogP contribution >= 0.6 is 0 Å². The predicted octanol–water partition coefficient (Wildman–Crippen LogP) is 0.895. The number of nitrogens with zero attached hydrogens (tertiary/aromatic N) is 3. The SMILES string of the molecule is Cn1nc(-c2ccncc2)c(-c2ccc(S(N)(=O)=O)cc2)c1C(N)=O. The van der Waals surface area contributed by atoms with Gasteiger partial charge in [-0.2, -0.15) is 5.10 Å². The summed E-state index contributed by atoms with van der Waals surface area (Å²) in [5.41, 5.74) is 8.14. The Labute approximate surface area is 144 Å². The summed E-state index contributed by atoms with van der Waals surface area (Å²) < 4.78 is 24.3. The molecule has 2 heterocycles. The van der Waals surface area contributed by atoms with E-state index in [1.807, 2.05) is 0 Å². The summed E-state index contributed by atoms with van der Waals surface area (Å²) in [5, 5.41) is 9.52. The van der Waals surface area contributed by atoms with Gasteiger partial charge in [-0.25, -0.2) is 13.6 Å². The summed E-state index contributed by atoms with van der Waals surface area (Å²) in [6.07, 6.45) is 3.23. The summed E-state index contributed by atoms with van der Waals surface area (Å²) >= 11 is 0. The minimum Gasteiger partial charge on any atom is -0.364 e. The molecule has 0 unspecified atom stereocenters. The second kappa shape index (κ2) is 6.11. The van der Waals surface area contributed by atoms with E-state index in [0.717, 1.165) is 5.56 Å². The summed E-state index contributed by atoms with van der Waals surface area (Å²) in [7, 11) is -2.19. The third-order valence-corrected chi connectivity index (χ3v) is 4.64. The standard InChI is InChI=1S/C16H15N5O3S/c1-21-15(16(17)22)13(14(20-21)11-6-8-19-9-7-11)10-2-4-12(5-3-10)25(18,23)24/h2-9H,1H3,(H2,17,22)(H2,18,23,24). The number of hydrogen-bond acceptors (Lipinski definition) is 5. The monoisotopic (exact) mass is 357 g/mol. The molecule has 0 spiro atoms. The van der Waals surface area contributed by atoms with Crippen LogP contribution in [0.4, 0.5) is 0 Å². The maximum atomic E-state index is 11.9. The number of primary sulfonamides is 1. The van der Waals surface area contributed by atoms with Gasteiger partial charge < -0.3 is 5.73 Å². The zero-order chi connectivity index (χ0) is 18.2. The maximum Gasteiger partial charge on any atom is 0.267 e. The van der Waals surface area contributed by atoms with Gasteiger partial charge in [-0.1, -0.05) is 12.1 Å². The van der Waals surface area contributed by atoms with Gasteiger partial charge in [0.05, 0.1) is 4.90 Å². The van der Waals surface area contributed by atoms with E-state index in [4.69, 9.17) is 10.9 Å². The molecule has 9 heteroatoms. The molecule has 0 saturated carbocycles. The van der Waals surface area contributed by atoms with Crippen LogP contribution in [0.15, 0.2) is 53.7 Å². The Morgan fingerprint density at radius 2 is 1.64 bits per heavy atom. The number of rotatable bonds is 4. The normalized spacial score (nSPS) is 11.4. The summed E-state index contributed by atoms with van der Waals surface area (Å²) in [5.74, 6) is -0.638. The molecule has 0 aliphatic rings. The zero-order valence-electron chi connectivity index (χ0n) is 13.2. The number of hydrogen-bond donors (Lipinski definition) is 2. The molecule has 0 atom stereocenters. The molecule has 0 saturated heterocycles. The molecule has 1 aromatic carbocycles. The lowest BCUT2D eigenvalue weighted by molar-refractivity contribution is 0.0992. The number of nitrogens with two attached hydrogens (primary N) is 2. The van der Waals surface area contributed by atoms with Crippen molar-refractivity contribution in [3.05, 3.63) is 54.5 Å². The summed E-state index contributed by atoms with van der Waals surface area (Å²) in [4.78, 5) is 15.9. The number of amides is 1. The third-order valence-electron chi connectivity index (χ3n) is 3.71. The molecule has 1 amide bonds. The molecule has 0 aliphatic carbocycles. The van der Waals surface area contributed by atoms with E-state index in [1.54, 1.807) is 43.7 Å². The van der Waals surface area contributed by atoms with Gasteiger partial charge in [0.25, 0.3) is 5.91 Å². The van der Waals surface area contributed by atoms with Crippen LogP contribution in [-0.4, -0.2) is 29.1 Å². The fourth-order valence-corrected chi connectivity index (χ4v) is 3.12. The maximum absolute atomic E-state index is 11.9. The molecule has 8 nitrogen and oxygen atoms in total. The molecule has 128 valence electrons. The molecule has 3 aromatic rings. The van der Waals surface area contributed by atoms with Crippen molar-refractivity contribution in [2.75, 3.05) is 0 Å². The zero-order valence-corrected chi connectivity index (χ0v) is 14.1. The van der Waals surface area contributed by atoms with E-state index in [0.29, 0.717) is 16.8 Å². The molecule has 0 radical (unpaired) electrons. The largest absolute Gasteiger partial charge is 0.364 e. The van der Waals surface area contributed by atoms with E-state index in [1.165, 1.54) is 16.8 Å². The van der Waals surface area contributed by atoms with Crippen LogP contribution in [-0.2, 0) is 17.1 Å². The van der Waals surface area contributed by atoms with Gasteiger partial charge in [0.15, 0.2) is 0 Å². The van der Waals surface area contributed by atoms with Gasteiger partial charge in [-0.15, -0.1) is 0 Å². The van der Waals surface area contributed by atoms with Crippen LogP contribution in [0.5, 0.6) is 0 Å². The second-order valence-corrected chi connectivity index (χ2v) is 6.93. The Morgan fingerprint density at radius 3 is 2.16 bits per heavy atom. The van der Waals surface area contributed by atoms with Crippen LogP contribution in [0.2, 0.25) is 0 Å². The van der Waals surface area contributed by atoms with Gasteiger partial charge in [0, 0.05) is 30.6 Å². The first-order valence-electron chi connectivity index (χ1n) is 7.19. The van der Waals surface area contributed by atoms with Gasteiger partial charge in [0.1, 0.15) is 11.4 Å². The lowest BCUT2D eigenvalue weighted by atomic mass is 9.99. The number of aromatic nitrogens is 3. The lowest BCUT2D eigenvalue weighted by Crippen LogP contribution is -2.16. The second-order valence-electron chi connectivity index (χ2n) is 5.37. The smallest absolute Gasteiger partial charge is 0.267 e. The predicted molar refractivity (Wildman–Crippen MR) is 91.8 cm³/mol. The van der Waals surface area contributed by atoms with E-state index >= 15 is 0 Å². The minimum atomic E-state index is -3.81. The highest BCUT2D eigenvalue weighted by molar-refractivity contribution is 7.89. The van der Waals surface area contributed by atoms with Crippen molar-refractivity contribution in [3.8, 4) is 22.4 Å². The molecule has 2 aromatic heterocycles. The number of benzene rings is 1. The van der Waals surface area contributed by atoms with Crippen LogP contribution in [0, 0.1) is 0 Å². The highest BCUT2D eigenvalue weighted by Gasteiger charge is 2.23. The number of carbonyl (C=O) groups excluding carboxylic acids is 1. The molecular formula is C16H15N5O3S. The molecule has 3 rings (SSSR count). The Bertz CT molecular complexity index is 1040. The fraction of sp³-hybridized carbons (Fsp3) is 0.0625. The van der Waals surface area contributed by atoms with Crippen LogP contribution in [0.3, 0.4) is 0 Å². The van der Waals surface area contributed by atoms with Crippen molar-refractivity contribution in [2.24, 2.45) is 17.9 Å². The molecule has 25 heavy (non-hydrogen) atoms. The first-order valence-corrected chi connectivity index (χ1v) is 8.74. The molecular weight excluding hydrogens is 342 g/mol. The number of sulfonamides is 1. The van der Waals surface area contributed by atoms with Crippen molar-refractivity contribution < 1.29 is 13.2 Å². The average Bonchev–Trinajstić information content (AvgIpc) is 2.92. The topological polar surface area (TPSA) is 134 Å². The highest BCUT2D eigenvalue weighted by atomic mass is 32.2. The highest BCUT2D eigenvalue weighted by Crippen LogP contribution is 2.34. The van der Waals surface area contributed by atoms with E-state index in [9.17, 15) is 13.2 Å². The molecule has 0 aliphatic heterocycles. The minimum absolute atomic E-state index is 0.0220. The van der Waals surface area contributed by atoms with E-state index in [2.05, 4.69) is 10.1 Å².